The molecule has 0 aliphatic heterocycles. The monoisotopic (exact) mass is 244 g/mol. The Kier molecular flexibility index (Phi) is 3.28. The van der Waals surface area contributed by atoms with Crippen LogP contribution in [0, 0.1) is 5.82 Å². The number of carbonyl (C=O) groups excluding carboxylic acids is 1. The van der Waals surface area contributed by atoms with E-state index in [2.05, 4.69) is 0 Å². The number of benzene rings is 2. The summed E-state index contributed by atoms with van der Waals surface area (Å²) in [5.74, 6) is -1.01. The lowest BCUT2D eigenvalue weighted by Crippen LogP contribution is -2.27. The van der Waals surface area contributed by atoms with Gasteiger partial charge >= 0.3 is 0 Å². The fourth-order valence-corrected chi connectivity index (χ4v) is 1.65. The van der Waals surface area contributed by atoms with E-state index in [1.165, 1.54) is 17.0 Å². The van der Waals surface area contributed by atoms with Gasteiger partial charge in [-0.05, 0) is 30.3 Å². The van der Waals surface area contributed by atoms with Gasteiger partial charge in [0.25, 0.3) is 5.91 Å². The van der Waals surface area contributed by atoms with Crippen LogP contribution in [0.2, 0.25) is 0 Å². The zero-order valence-corrected chi connectivity index (χ0v) is 9.93. The maximum Gasteiger partial charge on any atom is 0.260 e. The number of nitrogens with zero attached hydrogens (tertiary/aromatic N) is 1. The van der Waals surface area contributed by atoms with Gasteiger partial charge in [-0.3, -0.25) is 4.79 Å². The molecule has 0 aliphatic carbocycles. The van der Waals surface area contributed by atoms with Crippen LogP contribution >= 0.6 is 0 Å². The Bertz CT molecular complexity index is 569. The van der Waals surface area contributed by atoms with Gasteiger partial charge in [0.15, 0.2) is 0 Å². The molecule has 92 valence electrons. The van der Waals surface area contributed by atoms with E-state index < -0.39 is 11.7 Å². The van der Waals surface area contributed by atoms with Crippen LogP contribution in [0.3, 0.4) is 0 Å². The Morgan fingerprint density at radius 2 is 1.83 bits per heavy atom. The van der Waals surface area contributed by atoms with Crippen molar-refractivity contribution in [3.05, 3.63) is 59.9 Å². The van der Waals surface area contributed by atoms with Crippen LogP contribution < -0.4 is 10.6 Å². The molecule has 18 heavy (non-hydrogen) atoms. The lowest BCUT2D eigenvalue weighted by molar-refractivity contribution is 0.0989. The van der Waals surface area contributed by atoms with Crippen LogP contribution in [-0.2, 0) is 0 Å². The molecule has 2 rings (SSSR count). The molecule has 0 spiro atoms. The van der Waals surface area contributed by atoms with Crippen LogP contribution in [0.25, 0.3) is 0 Å². The maximum atomic E-state index is 13.6. The summed E-state index contributed by atoms with van der Waals surface area (Å²) in [4.78, 5) is 13.5. The normalized spacial score (nSPS) is 10.1. The van der Waals surface area contributed by atoms with Gasteiger partial charge in [0.1, 0.15) is 5.82 Å². The summed E-state index contributed by atoms with van der Waals surface area (Å²) in [7, 11) is 1.60. The lowest BCUT2D eigenvalue weighted by atomic mass is 10.1. The van der Waals surface area contributed by atoms with Gasteiger partial charge in [-0.25, -0.2) is 4.39 Å². The van der Waals surface area contributed by atoms with E-state index in [-0.39, 0.29) is 5.56 Å². The molecule has 0 saturated carbocycles. The minimum Gasteiger partial charge on any atom is -0.399 e. The fraction of sp³-hybridized carbons (Fsp3) is 0.0714. The van der Waals surface area contributed by atoms with Crippen LogP contribution in [0.1, 0.15) is 10.4 Å². The maximum absolute atomic E-state index is 13.6. The molecule has 2 N–H and O–H groups in total. The Morgan fingerprint density at radius 3 is 2.44 bits per heavy atom. The first-order valence-corrected chi connectivity index (χ1v) is 5.47. The highest BCUT2D eigenvalue weighted by Gasteiger charge is 2.17. The summed E-state index contributed by atoms with van der Waals surface area (Å²) in [6.45, 7) is 0. The second-order valence-corrected chi connectivity index (χ2v) is 3.94. The highest BCUT2D eigenvalue weighted by atomic mass is 19.1. The first kappa shape index (κ1) is 12.1. The number of halogens is 1. The van der Waals surface area contributed by atoms with Crippen LogP contribution in [0.4, 0.5) is 15.8 Å². The molecule has 0 fully saturated rings. The van der Waals surface area contributed by atoms with Gasteiger partial charge in [-0.1, -0.05) is 18.2 Å². The molecule has 2 aromatic rings. The number of hydrogen-bond donors (Lipinski definition) is 1. The summed E-state index contributed by atoms with van der Waals surface area (Å²) in [5, 5.41) is 0. The zero-order chi connectivity index (χ0) is 13.1. The van der Waals surface area contributed by atoms with Gasteiger partial charge in [-0.15, -0.1) is 0 Å². The molecule has 2 aromatic carbocycles. The standard InChI is InChI=1S/C14H13FN2O/c1-17(11-5-3-2-4-6-11)14(18)12-8-7-10(16)9-13(12)15/h2-9H,16H2,1H3. The van der Waals surface area contributed by atoms with E-state index >= 15 is 0 Å². The Morgan fingerprint density at radius 1 is 1.17 bits per heavy atom. The molecule has 0 bridgehead atoms. The van der Waals surface area contributed by atoms with Crippen molar-refractivity contribution in [2.75, 3.05) is 17.7 Å². The second-order valence-electron chi connectivity index (χ2n) is 3.94. The first-order chi connectivity index (χ1) is 8.59. The zero-order valence-electron chi connectivity index (χ0n) is 9.93. The fourth-order valence-electron chi connectivity index (χ4n) is 1.65. The van der Waals surface area contributed by atoms with Crippen LogP contribution in [-0.4, -0.2) is 13.0 Å². The van der Waals surface area contributed by atoms with Crippen molar-refractivity contribution < 1.29 is 9.18 Å². The number of anilines is 2. The smallest absolute Gasteiger partial charge is 0.260 e. The number of para-hydroxylation sites is 1. The summed E-state index contributed by atoms with van der Waals surface area (Å²) in [6.07, 6.45) is 0. The van der Waals surface area contributed by atoms with E-state index in [1.54, 1.807) is 19.2 Å². The third-order valence-electron chi connectivity index (χ3n) is 2.67. The minimum absolute atomic E-state index is 0.00977. The Labute approximate surface area is 105 Å². The number of rotatable bonds is 2. The summed E-state index contributed by atoms with van der Waals surface area (Å²) < 4.78 is 13.6. The third kappa shape index (κ3) is 2.32. The molecule has 0 aromatic heterocycles. The predicted octanol–water partition coefficient (Wildman–Crippen LogP) is 2.68. The van der Waals surface area contributed by atoms with Crippen molar-refractivity contribution >= 4 is 17.3 Å². The van der Waals surface area contributed by atoms with Gasteiger partial charge in [0, 0.05) is 18.4 Å². The summed E-state index contributed by atoms with van der Waals surface area (Å²) in [5.41, 5.74) is 6.46. The average molecular weight is 244 g/mol. The quantitative estimate of drug-likeness (QED) is 0.825. The molecule has 0 saturated heterocycles. The van der Waals surface area contributed by atoms with E-state index in [9.17, 15) is 9.18 Å². The number of amides is 1. The van der Waals surface area contributed by atoms with Gasteiger partial charge in [0.05, 0.1) is 5.56 Å². The first-order valence-electron chi connectivity index (χ1n) is 5.47. The second kappa shape index (κ2) is 4.87. The van der Waals surface area contributed by atoms with Crippen molar-refractivity contribution in [2.24, 2.45) is 0 Å². The highest BCUT2D eigenvalue weighted by molar-refractivity contribution is 6.06. The Hall–Kier alpha value is -2.36. The predicted molar refractivity (Wildman–Crippen MR) is 70.0 cm³/mol. The molecule has 0 heterocycles. The highest BCUT2D eigenvalue weighted by Crippen LogP contribution is 2.18. The SMILES string of the molecule is CN(C(=O)c1ccc(N)cc1F)c1ccccc1. The number of nitrogens with two attached hydrogens (primary N) is 1. The van der Waals surface area contributed by atoms with Gasteiger partial charge in [0.2, 0.25) is 0 Å². The molecular formula is C14H13FN2O. The van der Waals surface area contributed by atoms with Crippen molar-refractivity contribution in [1.82, 2.24) is 0 Å². The van der Waals surface area contributed by atoms with Crippen molar-refractivity contribution in [3.8, 4) is 0 Å². The minimum atomic E-state index is -0.609. The summed E-state index contributed by atoms with van der Waals surface area (Å²) >= 11 is 0. The molecule has 1 amide bonds. The van der Waals surface area contributed by atoms with Crippen LogP contribution in [0.5, 0.6) is 0 Å². The van der Waals surface area contributed by atoms with Gasteiger partial charge < -0.3 is 10.6 Å². The van der Waals surface area contributed by atoms with E-state index in [4.69, 9.17) is 5.73 Å². The van der Waals surface area contributed by atoms with E-state index in [0.717, 1.165) is 6.07 Å². The molecule has 4 heteroatoms. The number of hydrogen-bond acceptors (Lipinski definition) is 2. The van der Waals surface area contributed by atoms with Gasteiger partial charge in [-0.2, -0.15) is 0 Å². The number of nitrogen functional groups attached to an aromatic ring is 1. The van der Waals surface area contributed by atoms with E-state index in [0.29, 0.717) is 11.4 Å². The molecule has 0 aliphatic rings. The lowest BCUT2D eigenvalue weighted by Gasteiger charge is -2.17. The van der Waals surface area contributed by atoms with E-state index in [1.807, 2.05) is 18.2 Å². The van der Waals surface area contributed by atoms with Crippen molar-refractivity contribution in [1.29, 1.82) is 0 Å². The van der Waals surface area contributed by atoms with Crippen molar-refractivity contribution in [2.45, 2.75) is 0 Å². The average Bonchev–Trinajstić information content (AvgIpc) is 2.38. The largest absolute Gasteiger partial charge is 0.399 e. The molecule has 0 radical (unpaired) electrons. The van der Waals surface area contributed by atoms with Crippen molar-refractivity contribution in [3.63, 3.8) is 0 Å². The third-order valence-corrected chi connectivity index (χ3v) is 2.67. The molecule has 0 unspecified atom stereocenters. The summed E-state index contributed by atoms with van der Waals surface area (Å²) in [6, 6.07) is 13.1. The molecule has 0 atom stereocenters. The van der Waals surface area contributed by atoms with Crippen LogP contribution in [0.15, 0.2) is 48.5 Å². The Balaban J connectivity index is 2.32. The molecule has 3 nitrogen and oxygen atoms in total. The number of carbonyl (C=O) groups is 1. The topological polar surface area (TPSA) is 46.3 Å². The molecular weight excluding hydrogens is 231 g/mol.